The maximum absolute atomic E-state index is 13.5. The number of aromatic nitrogens is 1. The van der Waals surface area contributed by atoms with E-state index in [0.29, 0.717) is 30.6 Å². The molecule has 2 atom stereocenters. The number of piperidine rings is 1. The zero-order valence-electron chi connectivity index (χ0n) is 17.8. The van der Waals surface area contributed by atoms with Crippen LogP contribution in [0, 0.1) is 5.41 Å². The quantitative estimate of drug-likeness (QED) is 0.685. The van der Waals surface area contributed by atoms with Gasteiger partial charge in [0, 0.05) is 60.7 Å². The normalized spacial score (nSPS) is 26.9. The van der Waals surface area contributed by atoms with Gasteiger partial charge >= 0.3 is 0 Å². The van der Waals surface area contributed by atoms with Crippen molar-refractivity contribution in [3.05, 3.63) is 41.1 Å². The molecule has 5 heteroatoms. The molecule has 158 valence electrons. The zero-order chi connectivity index (χ0) is 21.0. The van der Waals surface area contributed by atoms with Gasteiger partial charge in [-0.1, -0.05) is 6.08 Å². The van der Waals surface area contributed by atoms with E-state index in [-0.39, 0.29) is 11.7 Å². The fourth-order valence-corrected chi connectivity index (χ4v) is 5.72. The first-order chi connectivity index (χ1) is 14.4. The van der Waals surface area contributed by atoms with E-state index in [1.54, 1.807) is 6.92 Å². The third-order valence-corrected chi connectivity index (χ3v) is 7.63. The van der Waals surface area contributed by atoms with Crippen LogP contribution in [-0.2, 0) is 11.3 Å². The molecular weight excluding hydrogens is 379 g/mol. The number of halogens is 1. The van der Waals surface area contributed by atoms with Crippen molar-refractivity contribution in [1.82, 2.24) is 9.47 Å². The van der Waals surface area contributed by atoms with Gasteiger partial charge in [-0.2, -0.15) is 0 Å². The van der Waals surface area contributed by atoms with Crippen molar-refractivity contribution in [2.75, 3.05) is 19.6 Å². The van der Waals surface area contributed by atoms with Gasteiger partial charge in [0.25, 0.3) is 0 Å². The highest BCUT2D eigenvalue weighted by Crippen LogP contribution is 2.54. The summed E-state index contributed by atoms with van der Waals surface area (Å²) >= 11 is 0. The molecule has 1 aromatic carbocycles. The topological polar surface area (TPSA) is 42.3 Å². The van der Waals surface area contributed by atoms with E-state index in [9.17, 15) is 14.0 Å². The van der Waals surface area contributed by atoms with E-state index in [4.69, 9.17) is 0 Å². The first-order valence-corrected chi connectivity index (χ1v) is 11.1. The number of alkyl halides is 1. The molecule has 3 aliphatic rings. The summed E-state index contributed by atoms with van der Waals surface area (Å²) in [6.07, 6.45) is 6.28. The van der Waals surface area contributed by atoms with Gasteiger partial charge in [-0.3, -0.25) is 9.59 Å². The van der Waals surface area contributed by atoms with Crippen LogP contribution in [0.25, 0.3) is 17.0 Å². The number of nitrogens with zero attached hydrogens (tertiary/aromatic N) is 2. The maximum atomic E-state index is 13.5. The monoisotopic (exact) mass is 408 g/mol. The lowest BCUT2D eigenvalue weighted by atomic mass is 9.71. The molecule has 0 bridgehead atoms. The highest BCUT2D eigenvalue weighted by molar-refractivity contribution is 6.01. The van der Waals surface area contributed by atoms with Crippen LogP contribution >= 0.6 is 0 Å². The van der Waals surface area contributed by atoms with Crippen LogP contribution in [0.1, 0.15) is 67.1 Å². The summed E-state index contributed by atoms with van der Waals surface area (Å²) in [5.41, 5.74) is 3.79. The van der Waals surface area contributed by atoms with Gasteiger partial charge in [-0.15, -0.1) is 0 Å². The number of Topliss-reactive ketones (excluding diaryl/α,β-unsaturated/α-hetero) is 2. The molecule has 1 aromatic heterocycles. The Morgan fingerprint density at radius 1 is 1.20 bits per heavy atom. The molecule has 1 saturated carbocycles. The van der Waals surface area contributed by atoms with Crippen LogP contribution in [0.3, 0.4) is 0 Å². The molecule has 0 radical (unpaired) electrons. The molecule has 5 rings (SSSR count). The summed E-state index contributed by atoms with van der Waals surface area (Å²) < 4.78 is 15.8. The molecule has 0 N–H and O–H groups in total. The lowest BCUT2D eigenvalue weighted by molar-refractivity contribution is -0.123. The molecule has 2 unspecified atom stereocenters. The lowest BCUT2D eigenvalue weighted by Crippen LogP contribution is -2.36. The third kappa shape index (κ3) is 2.97. The van der Waals surface area contributed by atoms with Crippen LogP contribution in [0.5, 0.6) is 0 Å². The van der Waals surface area contributed by atoms with Gasteiger partial charge in [0.05, 0.1) is 5.41 Å². The highest BCUT2D eigenvalue weighted by atomic mass is 19.1. The summed E-state index contributed by atoms with van der Waals surface area (Å²) in [5.74, 6) is 0.537. The molecule has 0 amide bonds. The van der Waals surface area contributed by atoms with Gasteiger partial charge in [0.2, 0.25) is 0 Å². The number of rotatable bonds is 4. The molecule has 2 aliphatic carbocycles. The molecule has 2 heterocycles. The Bertz CT molecular complexity index is 1060. The minimum Gasteiger partial charge on any atom is -0.339 e. The molecule has 4 nitrogen and oxygen atoms in total. The number of fused-ring (bicyclic) bond motifs is 5. The molecule has 0 spiro atoms. The number of likely N-dealkylation sites (tertiary alicyclic amines) is 1. The number of hydrogen-bond donors (Lipinski definition) is 0. The number of carbonyl (C=O) groups is 2. The lowest BCUT2D eigenvalue weighted by Gasteiger charge is -2.32. The van der Waals surface area contributed by atoms with Crippen LogP contribution < -0.4 is 0 Å². The summed E-state index contributed by atoms with van der Waals surface area (Å²) in [6.45, 7) is 6.98. The molecule has 1 saturated heterocycles. The minimum atomic E-state index is -0.660. The Morgan fingerprint density at radius 2 is 1.97 bits per heavy atom. The minimum absolute atomic E-state index is 0.0594. The number of carbonyl (C=O) groups excluding carboxylic acids is 2. The van der Waals surface area contributed by atoms with Crippen molar-refractivity contribution in [3.8, 4) is 0 Å². The van der Waals surface area contributed by atoms with Crippen molar-refractivity contribution in [2.24, 2.45) is 5.41 Å². The standard InChI is InChI=1S/C25H29FN2O2/c1-16(29)17-3-5-21-19(15-17)24-20-4-6-23(30)25(20,2)10-7-22(24)28(21)14-13-27-11-8-18(26)9-12-27/h3,5,7,10,15,18,20H,4,6,8-9,11-14H2,1-2H3. The largest absolute Gasteiger partial charge is 0.339 e. The second-order valence-electron chi connectivity index (χ2n) is 9.39. The molecular formula is C25H29FN2O2. The van der Waals surface area contributed by atoms with E-state index < -0.39 is 11.6 Å². The zero-order valence-corrected chi connectivity index (χ0v) is 17.8. The summed E-state index contributed by atoms with van der Waals surface area (Å²) in [4.78, 5) is 27.1. The average molecular weight is 409 g/mol. The van der Waals surface area contributed by atoms with Gasteiger partial charge in [-0.25, -0.2) is 4.39 Å². The van der Waals surface area contributed by atoms with Crippen molar-refractivity contribution >= 4 is 28.5 Å². The van der Waals surface area contributed by atoms with Crippen molar-refractivity contribution in [2.45, 2.75) is 58.2 Å². The van der Waals surface area contributed by atoms with Crippen LogP contribution in [-0.4, -0.2) is 46.8 Å². The Morgan fingerprint density at radius 3 is 2.70 bits per heavy atom. The van der Waals surface area contributed by atoms with E-state index in [1.165, 1.54) is 11.3 Å². The van der Waals surface area contributed by atoms with Crippen molar-refractivity contribution < 1.29 is 14.0 Å². The number of allylic oxidation sites excluding steroid dienone is 1. The first kappa shape index (κ1) is 19.7. The Hall–Kier alpha value is -2.27. The van der Waals surface area contributed by atoms with Crippen LogP contribution in [0.2, 0.25) is 0 Å². The van der Waals surface area contributed by atoms with Gasteiger partial charge in [-0.05, 0) is 62.9 Å². The summed E-state index contributed by atoms with van der Waals surface area (Å²) in [6, 6.07) is 5.98. The molecule has 2 fully saturated rings. The SMILES string of the molecule is CC(=O)c1ccc2c(c1)c1c(n2CCN2CCC(F)CC2)C=CC2(C)C(=O)CCC12. The van der Waals surface area contributed by atoms with Gasteiger partial charge < -0.3 is 9.47 Å². The van der Waals surface area contributed by atoms with Gasteiger partial charge in [0.1, 0.15) is 12.0 Å². The predicted octanol–water partition coefficient (Wildman–Crippen LogP) is 4.76. The smallest absolute Gasteiger partial charge is 0.159 e. The van der Waals surface area contributed by atoms with Crippen molar-refractivity contribution in [1.29, 1.82) is 0 Å². The third-order valence-electron chi connectivity index (χ3n) is 7.63. The van der Waals surface area contributed by atoms with Crippen LogP contribution in [0.15, 0.2) is 24.3 Å². The summed E-state index contributed by atoms with van der Waals surface area (Å²) in [5, 5.41) is 1.11. The number of benzene rings is 1. The molecule has 1 aliphatic heterocycles. The number of ketones is 2. The summed E-state index contributed by atoms with van der Waals surface area (Å²) in [7, 11) is 0. The fourth-order valence-electron chi connectivity index (χ4n) is 5.72. The van der Waals surface area contributed by atoms with Gasteiger partial charge in [0.15, 0.2) is 5.78 Å². The number of hydrogen-bond acceptors (Lipinski definition) is 3. The predicted molar refractivity (Wildman–Crippen MR) is 117 cm³/mol. The van der Waals surface area contributed by atoms with Crippen LogP contribution in [0.4, 0.5) is 4.39 Å². The Kier molecular flexibility index (Phi) is 4.69. The average Bonchev–Trinajstić information content (AvgIpc) is 3.21. The molecule has 2 aromatic rings. The molecule has 30 heavy (non-hydrogen) atoms. The second kappa shape index (κ2) is 7.16. The maximum Gasteiger partial charge on any atom is 0.159 e. The van der Waals surface area contributed by atoms with E-state index in [1.807, 2.05) is 12.1 Å². The first-order valence-electron chi connectivity index (χ1n) is 11.1. The van der Waals surface area contributed by atoms with E-state index >= 15 is 0 Å². The highest BCUT2D eigenvalue weighted by Gasteiger charge is 2.48. The van der Waals surface area contributed by atoms with E-state index in [0.717, 1.165) is 43.5 Å². The van der Waals surface area contributed by atoms with Crippen molar-refractivity contribution in [3.63, 3.8) is 0 Å². The fraction of sp³-hybridized carbons (Fsp3) is 0.520. The Labute approximate surface area is 176 Å². The Balaban J connectivity index is 1.58. The van der Waals surface area contributed by atoms with E-state index in [2.05, 4.69) is 34.6 Å². The second-order valence-corrected chi connectivity index (χ2v) is 9.39.